The van der Waals surface area contributed by atoms with E-state index in [0.29, 0.717) is 5.92 Å². The van der Waals surface area contributed by atoms with Crippen LogP contribution in [0.5, 0.6) is 0 Å². The molecule has 0 aromatic heterocycles. The summed E-state index contributed by atoms with van der Waals surface area (Å²) < 4.78 is 0. The van der Waals surface area contributed by atoms with Crippen LogP contribution in [0.3, 0.4) is 0 Å². The second-order valence-electron chi connectivity index (χ2n) is 6.09. The van der Waals surface area contributed by atoms with Gasteiger partial charge in [-0.15, -0.1) is 0 Å². The smallest absolute Gasteiger partial charge is 0.0669 e. The first-order valence-corrected chi connectivity index (χ1v) is 7.23. The third-order valence-corrected chi connectivity index (χ3v) is 4.54. The molecule has 2 rings (SSSR count). The minimum atomic E-state index is -0.202. The summed E-state index contributed by atoms with van der Waals surface area (Å²) in [6.07, 6.45) is 7.03. The van der Waals surface area contributed by atoms with Crippen LogP contribution < -0.4 is 0 Å². The topological polar surface area (TPSA) is 43.7 Å². The van der Waals surface area contributed by atoms with Gasteiger partial charge >= 0.3 is 0 Å². The molecule has 100 valence electrons. The standard InChI is InChI=1S/C14H27NO2/c1-11(16)13-6-7-15(9-13)10-14(17)8-12-4-2-3-5-12/h11-14,16-17H,2-10H2,1H3. The van der Waals surface area contributed by atoms with Crippen molar-refractivity contribution in [2.75, 3.05) is 19.6 Å². The van der Waals surface area contributed by atoms with Gasteiger partial charge in [0.15, 0.2) is 0 Å². The largest absolute Gasteiger partial charge is 0.393 e. The number of likely N-dealkylation sites (tertiary alicyclic amines) is 1. The summed E-state index contributed by atoms with van der Waals surface area (Å²) in [7, 11) is 0. The molecule has 0 spiro atoms. The van der Waals surface area contributed by atoms with Crippen LogP contribution in [0.2, 0.25) is 0 Å². The maximum absolute atomic E-state index is 10.1. The van der Waals surface area contributed by atoms with E-state index in [1.54, 1.807) is 0 Å². The summed E-state index contributed by atoms with van der Waals surface area (Å²) in [4.78, 5) is 2.32. The quantitative estimate of drug-likeness (QED) is 0.769. The molecule has 1 aliphatic carbocycles. The Morgan fingerprint density at radius 1 is 1.18 bits per heavy atom. The Balaban J connectivity index is 1.66. The summed E-state index contributed by atoms with van der Waals surface area (Å²) in [5.41, 5.74) is 0. The molecule has 1 saturated carbocycles. The van der Waals surface area contributed by atoms with Gasteiger partial charge in [0.05, 0.1) is 12.2 Å². The first-order valence-electron chi connectivity index (χ1n) is 7.23. The Morgan fingerprint density at radius 3 is 2.47 bits per heavy atom. The van der Waals surface area contributed by atoms with E-state index in [1.165, 1.54) is 25.7 Å². The van der Waals surface area contributed by atoms with Crippen molar-refractivity contribution in [3.63, 3.8) is 0 Å². The molecular formula is C14H27NO2. The fourth-order valence-corrected chi connectivity index (χ4v) is 3.43. The van der Waals surface area contributed by atoms with E-state index >= 15 is 0 Å². The Morgan fingerprint density at radius 2 is 1.88 bits per heavy atom. The molecule has 0 radical (unpaired) electrons. The van der Waals surface area contributed by atoms with E-state index in [2.05, 4.69) is 4.90 Å². The van der Waals surface area contributed by atoms with Crippen LogP contribution in [0.25, 0.3) is 0 Å². The SMILES string of the molecule is CC(O)C1CCN(CC(O)CC2CCCC2)C1. The molecule has 0 aromatic rings. The lowest BCUT2D eigenvalue weighted by molar-refractivity contribution is 0.0896. The summed E-state index contributed by atoms with van der Waals surface area (Å²) in [6.45, 7) is 4.68. The average Bonchev–Trinajstić information content (AvgIpc) is 2.88. The van der Waals surface area contributed by atoms with Crippen LogP contribution in [0, 0.1) is 11.8 Å². The van der Waals surface area contributed by atoms with Crippen molar-refractivity contribution in [3.8, 4) is 0 Å². The van der Waals surface area contributed by atoms with Gasteiger partial charge in [-0.3, -0.25) is 0 Å². The van der Waals surface area contributed by atoms with Crippen molar-refractivity contribution in [2.24, 2.45) is 11.8 Å². The predicted molar refractivity (Wildman–Crippen MR) is 68.8 cm³/mol. The molecule has 2 fully saturated rings. The highest BCUT2D eigenvalue weighted by Crippen LogP contribution is 2.29. The molecule has 1 heterocycles. The molecule has 1 aliphatic heterocycles. The molecule has 3 nitrogen and oxygen atoms in total. The molecule has 3 unspecified atom stereocenters. The van der Waals surface area contributed by atoms with E-state index in [-0.39, 0.29) is 12.2 Å². The van der Waals surface area contributed by atoms with Crippen molar-refractivity contribution in [3.05, 3.63) is 0 Å². The molecule has 3 heteroatoms. The van der Waals surface area contributed by atoms with Crippen molar-refractivity contribution in [1.82, 2.24) is 4.90 Å². The zero-order valence-electron chi connectivity index (χ0n) is 11.0. The molecule has 1 saturated heterocycles. The first-order chi connectivity index (χ1) is 8.15. The van der Waals surface area contributed by atoms with Gasteiger partial charge < -0.3 is 15.1 Å². The van der Waals surface area contributed by atoms with Crippen molar-refractivity contribution >= 4 is 0 Å². The minimum absolute atomic E-state index is 0.161. The molecule has 0 bridgehead atoms. The molecule has 2 N–H and O–H groups in total. The zero-order chi connectivity index (χ0) is 12.3. The Hall–Kier alpha value is -0.120. The van der Waals surface area contributed by atoms with Crippen LogP contribution in [0.15, 0.2) is 0 Å². The fraction of sp³-hybridized carbons (Fsp3) is 1.00. The number of aliphatic hydroxyl groups is 2. The third-order valence-electron chi connectivity index (χ3n) is 4.54. The molecule has 3 atom stereocenters. The summed E-state index contributed by atoms with van der Waals surface area (Å²) in [5, 5.41) is 19.6. The monoisotopic (exact) mass is 241 g/mol. The van der Waals surface area contributed by atoms with Crippen LogP contribution in [0.4, 0.5) is 0 Å². The number of β-amino-alcohol motifs (C(OH)–C–C–N with tert-alkyl or cyclic N) is 1. The number of nitrogens with zero attached hydrogens (tertiary/aromatic N) is 1. The number of hydrogen-bond acceptors (Lipinski definition) is 3. The van der Waals surface area contributed by atoms with Gasteiger partial charge in [0.25, 0.3) is 0 Å². The molecule has 0 aromatic carbocycles. The number of hydrogen-bond donors (Lipinski definition) is 2. The minimum Gasteiger partial charge on any atom is -0.393 e. The van der Waals surface area contributed by atoms with E-state index in [9.17, 15) is 10.2 Å². The maximum atomic E-state index is 10.1. The van der Waals surface area contributed by atoms with E-state index in [4.69, 9.17) is 0 Å². The van der Waals surface area contributed by atoms with E-state index in [1.807, 2.05) is 6.92 Å². The average molecular weight is 241 g/mol. The van der Waals surface area contributed by atoms with E-state index < -0.39 is 0 Å². The highest BCUT2D eigenvalue weighted by molar-refractivity contribution is 4.81. The summed E-state index contributed by atoms with van der Waals surface area (Å²) >= 11 is 0. The van der Waals surface area contributed by atoms with Gasteiger partial charge in [0.2, 0.25) is 0 Å². The lowest BCUT2D eigenvalue weighted by Gasteiger charge is -2.22. The highest BCUT2D eigenvalue weighted by atomic mass is 16.3. The van der Waals surface area contributed by atoms with Crippen molar-refractivity contribution < 1.29 is 10.2 Å². The normalized spacial score (nSPS) is 30.9. The lowest BCUT2D eigenvalue weighted by Crippen LogP contribution is -2.32. The maximum Gasteiger partial charge on any atom is 0.0669 e. The van der Waals surface area contributed by atoms with Gasteiger partial charge in [-0.25, -0.2) is 0 Å². The second kappa shape index (κ2) is 6.17. The van der Waals surface area contributed by atoms with Crippen LogP contribution in [0.1, 0.15) is 45.4 Å². The first kappa shape index (κ1) is 13.3. The van der Waals surface area contributed by atoms with E-state index in [0.717, 1.165) is 38.4 Å². The second-order valence-corrected chi connectivity index (χ2v) is 6.09. The third kappa shape index (κ3) is 3.94. The molecule has 2 aliphatic rings. The molecular weight excluding hydrogens is 214 g/mol. The van der Waals surface area contributed by atoms with Crippen molar-refractivity contribution in [2.45, 2.75) is 57.7 Å². The Bertz CT molecular complexity index is 226. The van der Waals surface area contributed by atoms with Gasteiger partial charge in [0, 0.05) is 13.1 Å². The van der Waals surface area contributed by atoms with Crippen LogP contribution in [-0.4, -0.2) is 47.0 Å². The fourth-order valence-electron chi connectivity index (χ4n) is 3.43. The molecule has 0 amide bonds. The number of rotatable bonds is 5. The summed E-state index contributed by atoms with van der Waals surface area (Å²) in [6, 6.07) is 0. The Labute approximate surface area is 105 Å². The molecule has 17 heavy (non-hydrogen) atoms. The number of aliphatic hydroxyl groups excluding tert-OH is 2. The van der Waals surface area contributed by atoms with Crippen LogP contribution in [-0.2, 0) is 0 Å². The van der Waals surface area contributed by atoms with Crippen molar-refractivity contribution in [1.29, 1.82) is 0 Å². The van der Waals surface area contributed by atoms with Crippen LogP contribution >= 0.6 is 0 Å². The predicted octanol–water partition coefficient (Wildman–Crippen LogP) is 1.63. The van der Waals surface area contributed by atoms with Gasteiger partial charge in [-0.1, -0.05) is 25.7 Å². The zero-order valence-corrected chi connectivity index (χ0v) is 11.0. The van der Waals surface area contributed by atoms with Gasteiger partial charge in [0.1, 0.15) is 0 Å². The Kier molecular flexibility index (Phi) is 4.83. The van der Waals surface area contributed by atoms with Gasteiger partial charge in [-0.05, 0) is 38.1 Å². The highest BCUT2D eigenvalue weighted by Gasteiger charge is 2.28. The van der Waals surface area contributed by atoms with Gasteiger partial charge in [-0.2, -0.15) is 0 Å². The summed E-state index contributed by atoms with van der Waals surface area (Å²) in [5.74, 6) is 1.17. The lowest BCUT2D eigenvalue weighted by atomic mass is 10.00.